The highest BCUT2D eigenvalue weighted by Crippen LogP contribution is 2.18. The monoisotopic (exact) mass is 402 g/mol. The smallest absolute Gasteiger partial charge is 0.271 e. The van der Waals surface area contributed by atoms with Gasteiger partial charge in [-0.25, -0.2) is 5.43 Å². The van der Waals surface area contributed by atoms with Gasteiger partial charge in [0, 0.05) is 5.56 Å². The molecule has 0 saturated carbocycles. The summed E-state index contributed by atoms with van der Waals surface area (Å²) in [5.41, 5.74) is 7.04. The molecule has 0 spiro atoms. The number of nitrogens with zero attached hydrogens (tertiary/aromatic N) is 1. The van der Waals surface area contributed by atoms with Gasteiger partial charge in [0.15, 0.2) is 0 Å². The Bertz CT molecular complexity index is 992. The minimum absolute atomic E-state index is 0.250. The SMILES string of the molecule is CCOc1ccc(OCc2ccc(C(=O)N/N=C(/C)c3ccc(C)cc3)cc2)cc1. The van der Waals surface area contributed by atoms with Crippen LogP contribution in [0.4, 0.5) is 0 Å². The lowest BCUT2D eigenvalue weighted by Crippen LogP contribution is -2.19. The molecule has 3 aromatic rings. The number of carbonyl (C=O) groups is 1. The molecule has 0 radical (unpaired) electrons. The highest BCUT2D eigenvalue weighted by molar-refractivity contribution is 6.00. The molecule has 0 unspecified atom stereocenters. The number of ether oxygens (including phenoxy) is 2. The molecule has 0 saturated heterocycles. The standard InChI is InChI=1S/C25H26N2O3/c1-4-29-23-13-15-24(16-14-23)30-17-20-7-11-22(12-8-20)25(28)27-26-19(3)21-9-5-18(2)6-10-21/h5-16H,4,17H2,1-3H3,(H,27,28)/b26-19-. The number of hydrazone groups is 1. The van der Waals surface area contributed by atoms with E-state index in [0.717, 1.165) is 28.3 Å². The van der Waals surface area contributed by atoms with Gasteiger partial charge in [-0.2, -0.15) is 5.10 Å². The number of carbonyl (C=O) groups excluding carboxylic acids is 1. The van der Waals surface area contributed by atoms with Crippen LogP contribution in [-0.2, 0) is 6.61 Å². The highest BCUT2D eigenvalue weighted by Gasteiger charge is 2.06. The van der Waals surface area contributed by atoms with E-state index in [1.54, 1.807) is 12.1 Å². The van der Waals surface area contributed by atoms with E-state index in [-0.39, 0.29) is 5.91 Å². The summed E-state index contributed by atoms with van der Waals surface area (Å²) >= 11 is 0. The maximum absolute atomic E-state index is 12.3. The van der Waals surface area contributed by atoms with Crippen molar-refractivity contribution in [3.05, 3.63) is 95.1 Å². The van der Waals surface area contributed by atoms with E-state index in [1.807, 2.05) is 81.4 Å². The van der Waals surface area contributed by atoms with Crippen molar-refractivity contribution in [2.75, 3.05) is 6.61 Å². The van der Waals surface area contributed by atoms with Crippen LogP contribution in [-0.4, -0.2) is 18.2 Å². The molecular weight excluding hydrogens is 376 g/mol. The van der Waals surface area contributed by atoms with Crippen molar-refractivity contribution in [1.29, 1.82) is 0 Å². The van der Waals surface area contributed by atoms with Crippen LogP contribution < -0.4 is 14.9 Å². The molecule has 1 amide bonds. The quantitative estimate of drug-likeness (QED) is 0.420. The first kappa shape index (κ1) is 21.1. The summed E-state index contributed by atoms with van der Waals surface area (Å²) in [6.45, 7) is 6.90. The maximum Gasteiger partial charge on any atom is 0.271 e. The summed E-state index contributed by atoms with van der Waals surface area (Å²) in [5, 5.41) is 4.20. The number of rotatable bonds is 8. The van der Waals surface area contributed by atoms with Gasteiger partial charge in [-0.15, -0.1) is 0 Å². The third kappa shape index (κ3) is 5.95. The van der Waals surface area contributed by atoms with Crippen molar-refractivity contribution < 1.29 is 14.3 Å². The molecule has 154 valence electrons. The molecule has 5 nitrogen and oxygen atoms in total. The normalized spacial score (nSPS) is 11.1. The van der Waals surface area contributed by atoms with Crippen LogP contribution in [0.25, 0.3) is 0 Å². The highest BCUT2D eigenvalue weighted by atomic mass is 16.5. The Labute approximate surface area is 177 Å². The topological polar surface area (TPSA) is 59.9 Å². The first-order valence-electron chi connectivity index (χ1n) is 9.91. The Balaban J connectivity index is 1.53. The van der Waals surface area contributed by atoms with Gasteiger partial charge in [-0.05, 0) is 68.3 Å². The van der Waals surface area contributed by atoms with Crippen LogP contribution in [0.2, 0.25) is 0 Å². The van der Waals surface area contributed by atoms with Gasteiger partial charge >= 0.3 is 0 Å². The zero-order chi connectivity index (χ0) is 21.3. The van der Waals surface area contributed by atoms with Gasteiger partial charge in [-0.1, -0.05) is 42.0 Å². The van der Waals surface area contributed by atoms with Crippen molar-refractivity contribution in [3.8, 4) is 11.5 Å². The summed E-state index contributed by atoms with van der Waals surface area (Å²) in [6, 6.07) is 22.8. The van der Waals surface area contributed by atoms with E-state index < -0.39 is 0 Å². The van der Waals surface area contributed by atoms with Crippen LogP contribution in [0.3, 0.4) is 0 Å². The second-order valence-electron chi connectivity index (χ2n) is 6.89. The van der Waals surface area contributed by atoms with E-state index >= 15 is 0 Å². The van der Waals surface area contributed by atoms with E-state index in [0.29, 0.717) is 18.8 Å². The van der Waals surface area contributed by atoms with Crippen molar-refractivity contribution >= 4 is 11.6 Å². The molecule has 0 heterocycles. The molecule has 3 rings (SSSR count). The average molecular weight is 402 g/mol. The summed E-state index contributed by atoms with van der Waals surface area (Å²) in [7, 11) is 0. The van der Waals surface area contributed by atoms with Crippen molar-refractivity contribution in [3.63, 3.8) is 0 Å². The Morgan fingerprint density at radius 2 is 1.40 bits per heavy atom. The molecular formula is C25H26N2O3. The summed E-state index contributed by atoms with van der Waals surface area (Å²) in [5.74, 6) is 1.34. The lowest BCUT2D eigenvalue weighted by Gasteiger charge is -2.08. The molecule has 0 fully saturated rings. The lowest BCUT2D eigenvalue weighted by atomic mass is 10.1. The number of amides is 1. The fraction of sp³-hybridized carbons (Fsp3) is 0.200. The Morgan fingerprint density at radius 3 is 2.00 bits per heavy atom. The van der Waals surface area contributed by atoms with Crippen molar-refractivity contribution in [2.24, 2.45) is 5.10 Å². The molecule has 5 heteroatoms. The van der Waals surface area contributed by atoms with Crippen LogP contribution >= 0.6 is 0 Å². The first-order chi connectivity index (χ1) is 14.5. The molecule has 0 aliphatic carbocycles. The lowest BCUT2D eigenvalue weighted by molar-refractivity contribution is 0.0955. The van der Waals surface area contributed by atoms with Crippen LogP contribution in [0.15, 0.2) is 77.9 Å². The van der Waals surface area contributed by atoms with E-state index in [1.165, 1.54) is 5.56 Å². The fourth-order valence-electron chi connectivity index (χ4n) is 2.78. The molecule has 0 atom stereocenters. The van der Waals surface area contributed by atoms with Crippen molar-refractivity contribution in [1.82, 2.24) is 5.43 Å². The van der Waals surface area contributed by atoms with Gasteiger partial charge in [-0.3, -0.25) is 4.79 Å². The Hall–Kier alpha value is -3.60. The maximum atomic E-state index is 12.3. The number of hydrogen-bond acceptors (Lipinski definition) is 4. The van der Waals surface area contributed by atoms with Gasteiger partial charge in [0.05, 0.1) is 12.3 Å². The first-order valence-corrected chi connectivity index (χ1v) is 9.91. The van der Waals surface area contributed by atoms with Crippen LogP contribution in [0.1, 0.15) is 40.9 Å². The Morgan fingerprint density at radius 1 is 0.833 bits per heavy atom. The number of nitrogens with one attached hydrogen (secondary N) is 1. The van der Waals surface area contributed by atoms with Gasteiger partial charge in [0.25, 0.3) is 5.91 Å². The molecule has 0 aliphatic rings. The van der Waals surface area contributed by atoms with Gasteiger partial charge in [0.1, 0.15) is 18.1 Å². The molecule has 3 aromatic carbocycles. The molecule has 1 N–H and O–H groups in total. The second kappa shape index (κ2) is 10.3. The number of aryl methyl sites for hydroxylation is 1. The van der Waals surface area contributed by atoms with Gasteiger partial charge < -0.3 is 9.47 Å². The van der Waals surface area contributed by atoms with Crippen LogP contribution in [0, 0.1) is 6.92 Å². The van der Waals surface area contributed by atoms with Crippen molar-refractivity contribution in [2.45, 2.75) is 27.4 Å². The summed E-state index contributed by atoms with van der Waals surface area (Å²) in [6.07, 6.45) is 0. The minimum Gasteiger partial charge on any atom is -0.494 e. The molecule has 0 aromatic heterocycles. The molecule has 30 heavy (non-hydrogen) atoms. The predicted molar refractivity (Wildman–Crippen MR) is 119 cm³/mol. The zero-order valence-electron chi connectivity index (χ0n) is 17.5. The third-order valence-electron chi connectivity index (χ3n) is 4.55. The van der Waals surface area contributed by atoms with E-state index in [9.17, 15) is 4.79 Å². The number of benzene rings is 3. The summed E-state index contributed by atoms with van der Waals surface area (Å²) < 4.78 is 11.2. The van der Waals surface area contributed by atoms with Crippen LogP contribution in [0.5, 0.6) is 11.5 Å². The summed E-state index contributed by atoms with van der Waals surface area (Å²) in [4.78, 5) is 12.3. The molecule has 0 aliphatic heterocycles. The van der Waals surface area contributed by atoms with Gasteiger partial charge in [0.2, 0.25) is 0 Å². The zero-order valence-corrected chi connectivity index (χ0v) is 17.5. The second-order valence-corrected chi connectivity index (χ2v) is 6.89. The number of hydrogen-bond donors (Lipinski definition) is 1. The molecule has 0 bridgehead atoms. The largest absolute Gasteiger partial charge is 0.494 e. The third-order valence-corrected chi connectivity index (χ3v) is 4.55. The van der Waals surface area contributed by atoms with E-state index in [2.05, 4.69) is 10.5 Å². The minimum atomic E-state index is -0.250. The average Bonchev–Trinajstić information content (AvgIpc) is 2.78. The fourth-order valence-corrected chi connectivity index (χ4v) is 2.78. The predicted octanol–water partition coefficient (Wildman–Crippen LogP) is 5.13. The Kier molecular flexibility index (Phi) is 7.22. The van der Waals surface area contributed by atoms with E-state index in [4.69, 9.17) is 9.47 Å².